The molecule has 1 aliphatic rings. The van der Waals surface area contributed by atoms with E-state index in [1.54, 1.807) is 23.1 Å². The third-order valence-electron chi connectivity index (χ3n) is 4.91. The van der Waals surface area contributed by atoms with Gasteiger partial charge in [-0.15, -0.1) is 11.8 Å². The summed E-state index contributed by atoms with van der Waals surface area (Å²) in [6.45, 7) is 7.80. The largest absolute Gasteiger partial charge is 0.494 e. The molecule has 0 spiro atoms. The van der Waals surface area contributed by atoms with Crippen LogP contribution in [-0.2, 0) is 0 Å². The number of fused-ring (bicyclic) bond motifs is 1. The van der Waals surface area contributed by atoms with E-state index in [0.717, 1.165) is 45.5 Å². The van der Waals surface area contributed by atoms with E-state index in [2.05, 4.69) is 17.9 Å². The van der Waals surface area contributed by atoms with E-state index >= 15 is 0 Å². The maximum atomic E-state index is 12.8. The smallest absolute Gasteiger partial charge is 0.253 e. The van der Waals surface area contributed by atoms with Crippen LogP contribution in [0.4, 0.5) is 5.13 Å². The predicted molar refractivity (Wildman–Crippen MR) is 122 cm³/mol. The van der Waals surface area contributed by atoms with Crippen LogP contribution in [0.2, 0.25) is 0 Å². The second-order valence-electron chi connectivity index (χ2n) is 6.80. The van der Waals surface area contributed by atoms with Crippen LogP contribution < -0.4 is 9.64 Å². The molecule has 0 unspecified atom stereocenters. The minimum absolute atomic E-state index is 0.114. The van der Waals surface area contributed by atoms with E-state index in [9.17, 15) is 4.79 Å². The Morgan fingerprint density at radius 2 is 1.86 bits per heavy atom. The number of carbonyl (C=O) groups excluding carboxylic acids is 1. The summed E-state index contributed by atoms with van der Waals surface area (Å²) < 4.78 is 6.73. The molecule has 152 valence electrons. The molecule has 4 rings (SSSR count). The summed E-state index contributed by atoms with van der Waals surface area (Å²) >= 11 is 3.47. The molecule has 0 saturated carbocycles. The molecule has 5 nitrogen and oxygen atoms in total. The van der Waals surface area contributed by atoms with Gasteiger partial charge in [0.25, 0.3) is 5.91 Å². The molecule has 0 radical (unpaired) electrons. The van der Waals surface area contributed by atoms with Crippen LogP contribution in [0, 0.1) is 0 Å². The summed E-state index contributed by atoms with van der Waals surface area (Å²) in [5, 5.41) is 1.02. The number of amides is 1. The fraction of sp³-hybridized carbons (Fsp3) is 0.364. The molecule has 0 N–H and O–H groups in total. The zero-order valence-electron chi connectivity index (χ0n) is 16.8. The number of hydrogen-bond acceptors (Lipinski definition) is 6. The zero-order valence-corrected chi connectivity index (χ0v) is 18.4. The fourth-order valence-electron chi connectivity index (χ4n) is 3.43. The summed E-state index contributed by atoms with van der Waals surface area (Å²) in [5.41, 5.74) is 1.76. The van der Waals surface area contributed by atoms with Crippen molar-refractivity contribution in [3.05, 3.63) is 48.0 Å². The maximum absolute atomic E-state index is 12.8. The van der Waals surface area contributed by atoms with Crippen LogP contribution in [0.5, 0.6) is 5.75 Å². The third kappa shape index (κ3) is 4.51. The van der Waals surface area contributed by atoms with Gasteiger partial charge in [0, 0.05) is 36.6 Å². The second-order valence-corrected chi connectivity index (χ2v) is 9.14. The van der Waals surface area contributed by atoms with Gasteiger partial charge in [0.1, 0.15) is 5.75 Å². The number of anilines is 1. The highest BCUT2D eigenvalue weighted by Gasteiger charge is 2.24. The Kier molecular flexibility index (Phi) is 6.25. The van der Waals surface area contributed by atoms with Gasteiger partial charge < -0.3 is 14.5 Å². The van der Waals surface area contributed by atoms with Gasteiger partial charge in [0.15, 0.2) is 5.13 Å². The Bertz CT molecular complexity index is 979. The number of piperazine rings is 1. The van der Waals surface area contributed by atoms with Crippen molar-refractivity contribution >= 4 is 44.4 Å². The second kappa shape index (κ2) is 9.05. The van der Waals surface area contributed by atoms with Gasteiger partial charge in [-0.1, -0.05) is 18.3 Å². The molecule has 0 aliphatic carbocycles. The van der Waals surface area contributed by atoms with Crippen molar-refractivity contribution in [2.24, 2.45) is 0 Å². The number of benzene rings is 2. The van der Waals surface area contributed by atoms with Crippen molar-refractivity contribution < 1.29 is 9.53 Å². The molecule has 1 aromatic heterocycles. The molecule has 3 aromatic rings. The maximum Gasteiger partial charge on any atom is 0.253 e. The summed E-state index contributed by atoms with van der Waals surface area (Å²) in [5.74, 6) is 2.03. The predicted octanol–water partition coefficient (Wildman–Crippen LogP) is 4.77. The van der Waals surface area contributed by atoms with Crippen molar-refractivity contribution in [3.8, 4) is 5.75 Å². The molecule has 29 heavy (non-hydrogen) atoms. The number of carbonyl (C=O) groups is 1. The zero-order chi connectivity index (χ0) is 20.2. The SMILES string of the molecule is CCOc1ccc2nc(N3CCN(C(=O)c4ccc(SCC)cc4)CC3)sc2c1. The molecular formula is C22H25N3O2S2. The lowest BCUT2D eigenvalue weighted by Gasteiger charge is -2.34. The highest BCUT2D eigenvalue weighted by atomic mass is 32.2. The van der Waals surface area contributed by atoms with Gasteiger partial charge in [-0.2, -0.15) is 0 Å². The van der Waals surface area contributed by atoms with Crippen molar-refractivity contribution in [2.45, 2.75) is 18.7 Å². The fourth-order valence-corrected chi connectivity index (χ4v) is 5.14. The van der Waals surface area contributed by atoms with Crippen LogP contribution in [0.3, 0.4) is 0 Å². The van der Waals surface area contributed by atoms with Crippen LogP contribution in [0.15, 0.2) is 47.4 Å². The first-order valence-corrected chi connectivity index (χ1v) is 11.8. The minimum Gasteiger partial charge on any atom is -0.494 e. The van der Waals surface area contributed by atoms with Gasteiger partial charge in [0.2, 0.25) is 0 Å². The van der Waals surface area contributed by atoms with Crippen LogP contribution >= 0.6 is 23.1 Å². The average molecular weight is 428 g/mol. The normalized spacial score (nSPS) is 14.4. The van der Waals surface area contributed by atoms with E-state index in [0.29, 0.717) is 19.7 Å². The highest BCUT2D eigenvalue weighted by molar-refractivity contribution is 7.99. The Labute approximate surface area is 179 Å². The Hall–Kier alpha value is -2.25. The van der Waals surface area contributed by atoms with Crippen molar-refractivity contribution in [2.75, 3.05) is 43.4 Å². The van der Waals surface area contributed by atoms with Crippen LogP contribution in [-0.4, -0.2) is 54.3 Å². The van der Waals surface area contributed by atoms with Gasteiger partial charge in [0.05, 0.1) is 16.8 Å². The Balaban J connectivity index is 1.39. The number of thiazole rings is 1. The Morgan fingerprint density at radius 3 is 2.55 bits per heavy atom. The van der Waals surface area contributed by atoms with Gasteiger partial charge in [-0.3, -0.25) is 4.79 Å². The van der Waals surface area contributed by atoms with E-state index < -0.39 is 0 Å². The third-order valence-corrected chi connectivity index (χ3v) is 6.88. The highest BCUT2D eigenvalue weighted by Crippen LogP contribution is 2.32. The lowest BCUT2D eigenvalue weighted by atomic mass is 10.2. The minimum atomic E-state index is 0.114. The summed E-state index contributed by atoms with van der Waals surface area (Å²) in [4.78, 5) is 23.0. The number of nitrogens with zero attached hydrogens (tertiary/aromatic N) is 3. The lowest BCUT2D eigenvalue weighted by molar-refractivity contribution is 0.0746. The molecular weight excluding hydrogens is 402 g/mol. The van der Waals surface area contributed by atoms with E-state index in [1.807, 2.05) is 48.2 Å². The molecule has 2 aromatic carbocycles. The van der Waals surface area contributed by atoms with Crippen molar-refractivity contribution in [1.82, 2.24) is 9.88 Å². The standard InChI is InChI=1S/C22H25N3O2S2/c1-3-27-17-7-10-19-20(15-17)29-22(23-19)25-13-11-24(12-14-25)21(26)16-5-8-18(9-6-16)28-4-2/h5-10,15H,3-4,11-14H2,1-2H3. The summed E-state index contributed by atoms with van der Waals surface area (Å²) in [7, 11) is 0. The molecule has 0 atom stereocenters. The molecule has 7 heteroatoms. The average Bonchev–Trinajstić information content (AvgIpc) is 3.18. The first-order valence-electron chi connectivity index (χ1n) is 9.98. The van der Waals surface area contributed by atoms with E-state index in [1.165, 1.54) is 4.90 Å². The number of ether oxygens (including phenoxy) is 1. The molecule has 1 saturated heterocycles. The van der Waals surface area contributed by atoms with Crippen molar-refractivity contribution in [1.29, 1.82) is 0 Å². The molecule has 1 amide bonds. The van der Waals surface area contributed by atoms with E-state index in [4.69, 9.17) is 9.72 Å². The first-order chi connectivity index (χ1) is 14.2. The molecule has 1 fully saturated rings. The van der Waals surface area contributed by atoms with E-state index in [-0.39, 0.29) is 5.91 Å². The number of thioether (sulfide) groups is 1. The van der Waals surface area contributed by atoms with Gasteiger partial charge in [-0.05, 0) is 55.1 Å². The van der Waals surface area contributed by atoms with Crippen molar-refractivity contribution in [3.63, 3.8) is 0 Å². The van der Waals surface area contributed by atoms with Crippen LogP contribution in [0.25, 0.3) is 10.2 Å². The topological polar surface area (TPSA) is 45.7 Å². The molecule has 1 aliphatic heterocycles. The summed E-state index contributed by atoms with van der Waals surface area (Å²) in [6.07, 6.45) is 0. The first kappa shape index (κ1) is 20.0. The summed E-state index contributed by atoms with van der Waals surface area (Å²) in [6, 6.07) is 14.0. The Morgan fingerprint density at radius 1 is 1.10 bits per heavy atom. The number of rotatable bonds is 6. The lowest BCUT2D eigenvalue weighted by Crippen LogP contribution is -2.48. The quantitative estimate of drug-likeness (QED) is 0.530. The van der Waals surface area contributed by atoms with Crippen LogP contribution in [0.1, 0.15) is 24.2 Å². The molecule has 2 heterocycles. The van der Waals surface area contributed by atoms with Gasteiger partial charge >= 0.3 is 0 Å². The number of hydrogen-bond donors (Lipinski definition) is 0. The molecule has 0 bridgehead atoms. The monoisotopic (exact) mass is 427 g/mol. The number of aromatic nitrogens is 1. The van der Waals surface area contributed by atoms with Gasteiger partial charge in [-0.25, -0.2) is 4.98 Å².